The van der Waals surface area contributed by atoms with Crippen molar-refractivity contribution in [3.05, 3.63) is 41.3 Å². The third-order valence-corrected chi connectivity index (χ3v) is 8.19. The minimum absolute atomic E-state index is 0.0909. The Morgan fingerprint density at radius 2 is 1.94 bits per heavy atom. The molecule has 0 amide bonds. The highest BCUT2D eigenvalue weighted by Gasteiger charge is 2.26. The van der Waals surface area contributed by atoms with Crippen LogP contribution < -0.4 is 11.1 Å². The highest BCUT2D eigenvalue weighted by atomic mass is 32.2. The fourth-order valence-electron chi connectivity index (χ4n) is 3.72. The van der Waals surface area contributed by atoms with Crippen LogP contribution in [0.25, 0.3) is 21.8 Å². The van der Waals surface area contributed by atoms with E-state index in [-0.39, 0.29) is 17.1 Å². The Hall–Kier alpha value is -2.43. The van der Waals surface area contributed by atoms with Crippen molar-refractivity contribution in [3.8, 4) is 21.8 Å². The van der Waals surface area contributed by atoms with Crippen LogP contribution in [0, 0.1) is 5.82 Å². The lowest BCUT2D eigenvalue weighted by molar-refractivity contribution is 0.346. The lowest BCUT2D eigenvalue weighted by atomic mass is 9.98. The molecule has 10 heteroatoms. The molecule has 1 aliphatic heterocycles. The standard InChI is InChI=1S/C23H29FN6OS2/c1-23(2,3)21-29-19(15-6-5-7-16(25)18(15)24)20(32-21)17-8-11-26-22(28-17)27-14-9-12-30(13-10-14)33(4)31/h5-8,11,14H,9-10,12-13,25H2,1-4H3,(H,26,27,28). The average molecular weight is 489 g/mol. The molecule has 0 bridgehead atoms. The predicted octanol–water partition coefficient (Wildman–Crippen LogP) is 4.46. The highest BCUT2D eigenvalue weighted by molar-refractivity contribution is 7.81. The molecular weight excluding hydrogens is 459 g/mol. The number of nitrogens with one attached hydrogen (secondary N) is 1. The zero-order chi connectivity index (χ0) is 23.8. The number of rotatable bonds is 5. The summed E-state index contributed by atoms with van der Waals surface area (Å²) in [6.45, 7) is 7.78. The quantitative estimate of drug-likeness (QED) is 0.515. The number of anilines is 2. The maximum absolute atomic E-state index is 14.9. The first-order chi connectivity index (χ1) is 15.6. The number of nitrogen functional groups attached to an aromatic ring is 1. The molecule has 1 aromatic carbocycles. The second kappa shape index (κ2) is 9.44. The van der Waals surface area contributed by atoms with Gasteiger partial charge in [-0.15, -0.1) is 11.3 Å². The molecule has 0 saturated carbocycles. The zero-order valence-corrected chi connectivity index (χ0v) is 20.9. The van der Waals surface area contributed by atoms with Crippen molar-refractivity contribution in [3.63, 3.8) is 0 Å². The SMILES string of the molecule is CS(=O)N1CCC(Nc2nccc(-c3sc(C(C)(C)C)nc3-c3cccc(N)c3F)n2)CC1. The lowest BCUT2D eigenvalue weighted by Crippen LogP contribution is -2.39. The third kappa shape index (κ3) is 5.23. The van der Waals surface area contributed by atoms with Gasteiger partial charge in [-0.2, -0.15) is 0 Å². The molecule has 0 radical (unpaired) electrons. The highest BCUT2D eigenvalue weighted by Crippen LogP contribution is 2.41. The van der Waals surface area contributed by atoms with Gasteiger partial charge < -0.3 is 11.1 Å². The summed E-state index contributed by atoms with van der Waals surface area (Å²) < 4.78 is 28.6. The van der Waals surface area contributed by atoms with Crippen LogP contribution in [0.2, 0.25) is 0 Å². The maximum Gasteiger partial charge on any atom is 0.223 e. The van der Waals surface area contributed by atoms with E-state index in [4.69, 9.17) is 15.7 Å². The molecule has 0 aliphatic carbocycles. The summed E-state index contributed by atoms with van der Waals surface area (Å²) in [5.41, 5.74) is 7.32. The van der Waals surface area contributed by atoms with Crippen molar-refractivity contribution in [1.29, 1.82) is 0 Å². The Labute approximate surface area is 200 Å². The number of hydrogen-bond acceptors (Lipinski definition) is 7. The summed E-state index contributed by atoms with van der Waals surface area (Å²) >= 11 is 1.51. The van der Waals surface area contributed by atoms with Crippen molar-refractivity contribution >= 4 is 34.0 Å². The van der Waals surface area contributed by atoms with Gasteiger partial charge in [-0.05, 0) is 31.0 Å². The van der Waals surface area contributed by atoms with Gasteiger partial charge >= 0.3 is 0 Å². The van der Waals surface area contributed by atoms with E-state index in [9.17, 15) is 8.60 Å². The van der Waals surface area contributed by atoms with Gasteiger partial charge in [-0.3, -0.25) is 0 Å². The van der Waals surface area contributed by atoms with Gasteiger partial charge in [0.15, 0.2) is 5.82 Å². The topological polar surface area (TPSA) is 97.0 Å². The van der Waals surface area contributed by atoms with Crippen LogP contribution in [0.15, 0.2) is 30.5 Å². The Morgan fingerprint density at radius 1 is 1.21 bits per heavy atom. The molecule has 0 spiro atoms. The van der Waals surface area contributed by atoms with Gasteiger partial charge in [0.25, 0.3) is 0 Å². The van der Waals surface area contributed by atoms with E-state index in [2.05, 4.69) is 31.1 Å². The van der Waals surface area contributed by atoms with Crippen LogP contribution in [0.4, 0.5) is 16.0 Å². The minimum atomic E-state index is -0.943. The number of nitrogens with zero attached hydrogens (tertiary/aromatic N) is 4. The number of piperidine rings is 1. The van der Waals surface area contributed by atoms with Crippen molar-refractivity contribution in [2.45, 2.75) is 45.1 Å². The summed E-state index contributed by atoms with van der Waals surface area (Å²) in [4.78, 5) is 14.7. The number of thiazole rings is 1. The first kappa shape index (κ1) is 23.7. The first-order valence-electron chi connectivity index (χ1n) is 10.9. The second-order valence-corrected chi connectivity index (χ2v) is 11.6. The van der Waals surface area contributed by atoms with Gasteiger partial charge in [0.05, 0.1) is 37.9 Å². The van der Waals surface area contributed by atoms with Crippen molar-refractivity contribution in [1.82, 2.24) is 19.3 Å². The zero-order valence-electron chi connectivity index (χ0n) is 19.3. The number of benzene rings is 1. The van der Waals surface area contributed by atoms with Gasteiger partial charge in [0, 0.05) is 42.6 Å². The summed E-state index contributed by atoms with van der Waals surface area (Å²) in [6.07, 6.45) is 5.14. The van der Waals surface area contributed by atoms with E-state index in [1.54, 1.807) is 30.7 Å². The number of nitrogens with two attached hydrogens (primary N) is 1. The van der Waals surface area contributed by atoms with Gasteiger partial charge in [0.2, 0.25) is 5.95 Å². The minimum Gasteiger partial charge on any atom is -0.396 e. The van der Waals surface area contributed by atoms with Crippen LogP contribution >= 0.6 is 11.3 Å². The summed E-state index contributed by atoms with van der Waals surface area (Å²) in [5.74, 6) is 0.0465. The largest absolute Gasteiger partial charge is 0.396 e. The summed E-state index contributed by atoms with van der Waals surface area (Å²) in [5, 5.41) is 4.30. The van der Waals surface area contributed by atoms with Crippen molar-refractivity contribution in [2.75, 3.05) is 30.4 Å². The molecule has 1 fully saturated rings. The fourth-order valence-corrected chi connectivity index (χ4v) is 5.56. The van der Waals surface area contributed by atoms with E-state index in [0.29, 0.717) is 22.9 Å². The van der Waals surface area contributed by atoms with Crippen LogP contribution in [-0.4, -0.2) is 48.9 Å². The second-order valence-electron chi connectivity index (χ2n) is 9.19. The Bertz CT molecular complexity index is 1170. The molecule has 1 saturated heterocycles. The Balaban J connectivity index is 1.67. The first-order valence-corrected chi connectivity index (χ1v) is 13.2. The molecule has 1 unspecified atom stereocenters. The van der Waals surface area contributed by atoms with E-state index in [1.165, 1.54) is 11.3 Å². The molecule has 1 atom stereocenters. The Morgan fingerprint density at radius 3 is 2.61 bits per heavy atom. The predicted molar refractivity (Wildman–Crippen MR) is 134 cm³/mol. The number of aromatic nitrogens is 3. The molecule has 1 aliphatic rings. The number of halogens is 1. The third-order valence-electron chi connectivity index (χ3n) is 5.59. The van der Waals surface area contributed by atoms with E-state index in [0.717, 1.165) is 35.8 Å². The molecule has 2 aromatic heterocycles. The molecule has 7 nitrogen and oxygen atoms in total. The van der Waals surface area contributed by atoms with Gasteiger partial charge in [-0.25, -0.2) is 27.9 Å². The van der Waals surface area contributed by atoms with Gasteiger partial charge in [0.1, 0.15) is 0 Å². The molecule has 176 valence electrons. The maximum atomic E-state index is 14.9. The van der Waals surface area contributed by atoms with Gasteiger partial charge in [-0.1, -0.05) is 26.8 Å². The van der Waals surface area contributed by atoms with Crippen LogP contribution in [0.3, 0.4) is 0 Å². The monoisotopic (exact) mass is 488 g/mol. The molecule has 4 rings (SSSR count). The summed E-state index contributed by atoms with van der Waals surface area (Å²) in [6, 6.07) is 7.00. The van der Waals surface area contributed by atoms with Crippen LogP contribution in [-0.2, 0) is 16.4 Å². The van der Waals surface area contributed by atoms with E-state index in [1.807, 2.05) is 10.4 Å². The Kier molecular flexibility index (Phi) is 6.78. The molecular formula is C23H29FN6OS2. The molecule has 3 N–H and O–H groups in total. The molecule has 3 heterocycles. The van der Waals surface area contributed by atoms with Crippen molar-refractivity contribution in [2.24, 2.45) is 0 Å². The smallest absolute Gasteiger partial charge is 0.223 e. The average Bonchev–Trinajstić information content (AvgIpc) is 3.22. The van der Waals surface area contributed by atoms with Crippen LogP contribution in [0.5, 0.6) is 0 Å². The molecule has 33 heavy (non-hydrogen) atoms. The summed E-state index contributed by atoms with van der Waals surface area (Å²) in [7, 11) is -0.943. The van der Waals surface area contributed by atoms with E-state index >= 15 is 0 Å². The van der Waals surface area contributed by atoms with Crippen molar-refractivity contribution < 1.29 is 8.60 Å². The van der Waals surface area contributed by atoms with Crippen LogP contribution in [0.1, 0.15) is 38.6 Å². The normalized spacial score (nSPS) is 16.6. The van der Waals surface area contributed by atoms with E-state index < -0.39 is 16.8 Å². The lowest BCUT2D eigenvalue weighted by Gasteiger charge is -2.30. The fraction of sp³-hybridized carbons (Fsp3) is 0.435. The number of hydrogen-bond donors (Lipinski definition) is 2. The molecule has 3 aromatic rings.